The van der Waals surface area contributed by atoms with Crippen molar-refractivity contribution in [2.45, 2.75) is 67.9 Å². The van der Waals surface area contributed by atoms with E-state index in [9.17, 15) is 0 Å². The summed E-state index contributed by atoms with van der Waals surface area (Å²) in [6.07, 6.45) is 0.758. The van der Waals surface area contributed by atoms with Gasteiger partial charge < -0.3 is 0 Å². The number of anilines is 2. The van der Waals surface area contributed by atoms with Crippen molar-refractivity contribution < 1.29 is 16.6 Å². The summed E-state index contributed by atoms with van der Waals surface area (Å²) < 4.78 is 9.32. The fourth-order valence-corrected chi connectivity index (χ4v) is 11.2. The Balaban J connectivity index is 1.94. The molecule has 1 fully saturated rings. The Bertz CT molecular complexity index is 1360. The van der Waals surface area contributed by atoms with Gasteiger partial charge in [-0.05, 0) is 0 Å². The van der Waals surface area contributed by atoms with E-state index < -0.39 is 11.9 Å². The van der Waals surface area contributed by atoms with Crippen molar-refractivity contribution in [2.24, 2.45) is 0 Å². The molecule has 1 saturated heterocycles. The zero-order valence-electron chi connectivity index (χ0n) is 23.8. The standard InChI is InChI=1S/C21H26N2.C11H14O.2ClH.Ru/c1-14-9-16(3)20(17(4)10-14)22-7-8-23(13-22)21-18(5)11-15(2)12-19(21)6;1-4-10-7-5-6-8-11(10)12-9(2)3;;;/h9-12H,7-8H2,1-6H3;1,5-9H,4H2,2-3H3;2*1H;/q;;;;+2/p-2. The van der Waals surface area contributed by atoms with Gasteiger partial charge in [-0.25, -0.2) is 0 Å². The zero-order chi connectivity index (χ0) is 27.8. The van der Waals surface area contributed by atoms with Gasteiger partial charge in [-0.3, -0.25) is 0 Å². The molecule has 0 spiro atoms. The predicted octanol–water partition coefficient (Wildman–Crippen LogP) is 8.24. The van der Waals surface area contributed by atoms with E-state index in [1.165, 1.54) is 44.8 Å². The van der Waals surface area contributed by atoms with Crippen molar-refractivity contribution in [3.63, 3.8) is 0 Å². The van der Waals surface area contributed by atoms with Crippen molar-refractivity contribution >= 4 is 39.7 Å². The number of nitrogens with zero attached hydrogens (tertiary/aromatic N) is 2. The van der Waals surface area contributed by atoms with Crippen LogP contribution in [0.2, 0.25) is 0 Å². The predicted molar refractivity (Wildman–Crippen MR) is 165 cm³/mol. The van der Waals surface area contributed by atoms with E-state index in [4.69, 9.17) is 24.1 Å². The summed E-state index contributed by atoms with van der Waals surface area (Å²) in [5.41, 5.74) is 11.1. The van der Waals surface area contributed by atoms with E-state index in [0.29, 0.717) is 6.42 Å². The molecular weight excluding hydrogens is 600 g/mol. The van der Waals surface area contributed by atoms with E-state index >= 15 is 0 Å². The van der Waals surface area contributed by atoms with Crippen LogP contribution in [0.5, 0.6) is 5.75 Å². The number of benzene rings is 3. The summed E-state index contributed by atoms with van der Waals surface area (Å²) in [6, 6.07) is 17.2. The van der Waals surface area contributed by atoms with Crippen molar-refractivity contribution in [2.75, 3.05) is 22.9 Å². The molecular formula is C32H40Cl2N2ORu. The molecule has 1 aliphatic heterocycles. The molecule has 0 saturated carbocycles. The molecule has 4 rings (SSSR count). The molecule has 6 heteroatoms. The quantitative estimate of drug-likeness (QED) is 0.253. The molecule has 0 bridgehead atoms. The van der Waals surface area contributed by atoms with Gasteiger partial charge in [0.15, 0.2) is 0 Å². The summed E-state index contributed by atoms with van der Waals surface area (Å²) in [5.74, 6) is 0.892. The van der Waals surface area contributed by atoms with E-state index in [-0.39, 0.29) is 6.10 Å². The van der Waals surface area contributed by atoms with E-state index in [1.54, 1.807) is 0 Å². The average molecular weight is 641 g/mol. The van der Waals surface area contributed by atoms with Gasteiger partial charge >= 0.3 is 240 Å². The monoisotopic (exact) mass is 640 g/mol. The summed E-state index contributed by atoms with van der Waals surface area (Å²) >= 11 is -3.51. The Morgan fingerprint density at radius 1 is 0.789 bits per heavy atom. The van der Waals surface area contributed by atoms with Gasteiger partial charge in [-0.15, -0.1) is 0 Å². The minimum absolute atomic E-state index is 0.100. The van der Waals surface area contributed by atoms with Crippen LogP contribution in [0.3, 0.4) is 0 Å². The normalized spacial score (nSPS) is 14.4. The van der Waals surface area contributed by atoms with Crippen molar-refractivity contribution in [3.05, 3.63) is 87.5 Å². The zero-order valence-corrected chi connectivity index (χ0v) is 27.1. The molecule has 1 aliphatic rings. The Kier molecular flexibility index (Phi) is 8.87. The van der Waals surface area contributed by atoms with Crippen molar-refractivity contribution in [3.8, 4) is 5.75 Å². The fraction of sp³-hybridized carbons (Fsp3) is 0.375. The Morgan fingerprint density at radius 2 is 1.24 bits per heavy atom. The number of rotatable bonds is 6. The fourth-order valence-electron chi connectivity index (χ4n) is 5.65. The van der Waals surface area contributed by atoms with Crippen LogP contribution >= 0.6 is 19.4 Å². The molecule has 3 aromatic carbocycles. The van der Waals surface area contributed by atoms with Crippen LogP contribution < -0.4 is 14.5 Å². The van der Waals surface area contributed by atoms with Crippen LogP contribution in [0.4, 0.5) is 11.4 Å². The van der Waals surface area contributed by atoms with Crippen LogP contribution in [-0.2, 0) is 18.3 Å². The topological polar surface area (TPSA) is 15.7 Å². The van der Waals surface area contributed by atoms with Gasteiger partial charge in [0.2, 0.25) is 0 Å². The molecule has 3 aromatic rings. The van der Waals surface area contributed by atoms with E-state index in [1.807, 2.05) is 32.0 Å². The second-order valence-corrected chi connectivity index (χ2v) is 20.1. The minimum atomic E-state index is -3.51. The third-order valence-electron chi connectivity index (χ3n) is 6.81. The van der Waals surface area contributed by atoms with E-state index in [0.717, 1.165) is 28.8 Å². The summed E-state index contributed by atoms with van der Waals surface area (Å²) in [7, 11) is 15.1. The molecule has 0 N–H and O–H groups in total. The molecule has 0 aromatic heterocycles. The van der Waals surface area contributed by atoms with E-state index in [2.05, 4.69) is 86.3 Å². The van der Waals surface area contributed by atoms with Crippen LogP contribution in [0.1, 0.15) is 52.8 Å². The maximum absolute atomic E-state index is 7.53. The number of hydrogen-bond donors (Lipinski definition) is 0. The molecule has 38 heavy (non-hydrogen) atoms. The average Bonchev–Trinajstić information content (AvgIpc) is 3.22. The molecule has 1 heterocycles. The number of halogens is 2. The van der Waals surface area contributed by atoms with Gasteiger partial charge in [-0.2, -0.15) is 0 Å². The Labute approximate surface area is 239 Å². The molecule has 0 aliphatic carbocycles. The first kappa shape index (κ1) is 29.0. The molecule has 0 amide bonds. The van der Waals surface area contributed by atoms with Gasteiger partial charge in [-0.1, -0.05) is 0 Å². The third kappa shape index (κ3) is 6.09. The van der Waals surface area contributed by atoms with Gasteiger partial charge in [0.1, 0.15) is 0 Å². The van der Waals surface area contributed by atoms with Crippen LogP contribution in [-0.4, -0.2) is 28.2 Å². The molecule has 206 valence electrons. The SMILES string of the molecule is Cc1cc(C)c(N2CCN(c3c(C)cc(C)cc3C)[C]2=[Ru]([Cl])([Cl])=[CH]Cc2ccccc2OC(C)C)c(C)c1. The first-order chi connectivity index (χ1) is 17.9. The molecule has 0 unspecified atom stereocenters. The first-order valence-corrected chi connectivity index (χ1v) is 19.5. The second-order valence-electron chi connectivity index (χ2n) is 10.6. The number of ether oxygens (including phenoxy) is 1. The summed E-state index contributed by atoms with van der Waals surface area (Å²) in [4.78, 5) is 4.81. The Hall–Kier alpha value is -2.00. The second kappa shape index (κ2) is 11.6. The molecule has 3 nitrogen and oxygen atoms in total. The molecule has 0 atom stereocenters. The number of hydrogen-bond acceptors (Lipinski definition) is 3. The number of aryl methyl sites for hydroxylation is 6. The van der Waals surface area contributed by atoms with Crippen LogP contribution in [0.25, 0.3) is 0 Å². The number of para-hydroxylation sites is 1. The van der Waals surface area contributed by atoms with Crippen molar-refractivity contribution in [1.82, 2.24) is 0 Å². The summed E-state index contributed by atoms with van der Waals surface area (Å²) in [5, 5.41) is 0. The van der Waals surface area contributed by atoms with Gasteiger partial charge in [0.05, 0.1) is 0 Å². The first-order valence-electron chi connectivity index (χ1n) is 13.2. The van der Waals surface area contributed by atoms with Crippen LogP contribution in [0.15, 0.2) is 48.5 Å². The van der Waals surface area contributed by atoms with Gasteiger partial charge in [0, 0.05) is 0 Å². The van der Waals surface area contributed by atoms with Gasteiger partial charge in [0.25, 0.3) is 0 Å². The molecule has 0 radical (unpaired) electrons. The third-order valence-corrected chi connectivity index (χ3v) is 12.7. The van der Waals surface area contributed by atoms with Crippen LogP contribution in [0, 0.1) is 41.5 Å². The Morgan fingerprint density at radius 3 is 1.68 bits per heavy atom. The van der Waals surface area contributed by atoms with Crippen molar-refractivity contribution in [1.29, 1.82) is 0 Å². The summed E-state index contributed by atoms with van der Waals surface area (Å²) in [6.45, 7) is 18.8. The maximum atomic E-state index is 7.53.